The highest BCUT2D eigenvalue weighted by atomic mass is 16.3. The van der Waals surface area contributed by atoms with Crippen molar-refractivity contribution < 1.29 is 5.11 Å². The van der Waals surface area contributed by atoms with Gasteiger partial charge in [0.2, 0.25) is 0 Å². The smallest absolute Gasteiger partial charge is 0.101 e. The van der Waals surface area contributed by atoms with Crippen molar-refractivity contribution >= 4 is 21.8 Å². The summed E-state index contributed by atoms with van der Waals surface area (Å²) < 4.78 is 2.31. The minimum Gasteiger partial charge on any atom is -0.384 e. The average molecular weight is 268 g/mol. The summed E-state index contributed by atoms with van der Waals surface area (Å²) in [5.74, 6) is 0. The largest absolute Gasteiger partial charge is 0.384 e. The van der Waals surface area contributed by atoms with Crippen LogP contribution < -0.4 is 0 Å². The lowest BCUT2D eigenvalue weighted by atomic mass is 10.0. The third-order valence-electron chi connectivity index (χ3n) is 3.73. The van der Waals surface area contributed by atoms with E-state index in [1.165, 1.54) is 16.3 Å². The normalized spacial score (nSPS) is 12.4. The van der Waals surface area contributed by atoms with Crippen molar-refractivity contribution in [1.29, 1.82) is 0 Å². The van der Waals surface area contributed by atoms with Gasteiger partial charge in [-0.25, -0.2) is 0 Å². The highest BCUT2D eigenvalue weighted by molar-refractivity contribution is 6.07. The minimum absolute atomic E-state index is 0.712. The molecule has 3 aromatic rings. The first kappa shape index (κ1) is 13.1. The zero-order valence-corrected chi connectivity index (χ0v) is 12.2. The maximum Gasteiger partial charge on any atom is 0.101 e. The van der Waals surface area contributed by atoms with Gasteiger partial charge in [0.1, 0.15) is 5.60 Å². The summed E-state index contributed by atoms with van der Waals surface area (Å²) in [6.07, 6.45) is 2.97. The van der Waals surface area contributed by atoms with E-state index in [9.17, 15) is 5.11 Å². The number of pyridine rings is 1. The average Bonchev–Trinajstić information content (AvgIpc) is 2.73. The van der Waals surface area contributed by atoms with Gasteiger partial charge in [0.15, 0.2) is 0 Å². The molecule has 0 aliphatic rings. The van der Waals surface area contributed by atoms with E-state index in [1.54, 1.807) is 13.8 Å². The Kier molecular flexibility index (Phi) is 3.02. The van der Waals surface area contributed by atoms with Crippen molar-refractivity contribution in [2.45, 2.75) is 39.3 Å². The molecule has 0 fully saturated rings. The summed E-state index contributed by atoms with van der Waals surface area (Å²) in [5.41, 5.74) is 2.17. The van der Waals surface area contributed by atoms with E-state index in [0.29, 0.717) is 5.69 Å². The second-order valence-electron chi connectivity index (χ2n) is 5.81. The Hall–Kier alpha value is -1.87. The molecule has 0 radical (unpaired) electrons. The van der Waals surface area contributed by atoms with Crippen molar-refractivity contribution in [2.24, 2.45) is 0 Å². The number of aryl methyl sites for hydroxylation is 1. The fourth-order valence-electron chi connectivity index (χ4n) is 2.74. The van der Waals surface area contributed by atoms with Crippen molar-refractivity contribution in [3.63, 3.8) is 0 Å². The van der Waals surface area contributed by atoms with Crippen LogP contribution in [0, 0.1) is 0 Å². The topological polar surface area (TPSA) is 38.0 Å². The van der Waals surface area contributed by atoms with Crippen LogP contribution in [0.1, 0.15) is 32.9 Å². The maximum absolute atomic E-state index is 10.2. The monoisotopic (exact) mass is 268 g/mol. The molecule has 2 aromatic heterocycles. The summed E-state index contributed by atoms with van der Waals surface area (Å²) in [7, 11) is 0. The van der Waals surface area contributed by atoms with Crippen molar-refractivity contribution in [1.82, 2.24) is 9.55 Å². The Morgan fingerprint density at radius 2 is 1.90 bits per heavy atom. The molecule has 0 atom stereocenters. The highest BCUT2D eigenvalue weighted by Crippen LogP contribution is 2.31. The zero-order chi connectivity index (χ0) is 14.3. The lowest BCUT2D eigenvalue weighted by Gasteiger charge is -2.16. The van der Waals surface area contributed by atoms with Crippen LogP contribution in [0.4, 0.5) is 0 Å². The lowest BCUT2D eigenvalue weighted by Crippen LogP contribution is -2.17. The van der Waals surface area contributed by atoms with Crippen LogP contribution in [0.5, 0.6) is 0 Å². The van der Waals surface area contributed by atoms with Crippen LogP contribution in [0.3, 0.4) is 0 Å². The van der Waals surface area contributed by atoms with Crippen LogP contribution in [0.2, 0.25) is 0 Å². The molecule has 1 N–H and O–H groups in total. The molecule has 1 aromatic carbocycles. The van der Waals surface area contributed by atoms with E-state index in [4.69, 9.17) is 0 Å². The molecule has 0 aliphatic heterocycles. The molecule has 2 heterocycles. The molecule has 0 spiro atoms. The Balaban J connectivity index is 2.38. The number of aliphatic hydroxyl groups is 1. The molecule has 0 bridgehead atoms. The predicted molar refractivity (Wildman–Crippen MR) is 82.8 cm³/mol. The second-order valence-corrected chi connectivity index (χ2v) is 5.81. The first-order chi connectivity index (χ1) is 9.52. The number of hydrogen-bond donors (Lipinski definition) is 1. The summed E-state index contributed by atoms with van der Waals surface area (Å²) in [4.78, 5) is 4.45. The van der Waals surface area contributed by atoms with Gasteiger partial charge in [0, 0.05) is 22.8 Å². The number of hydrogen-bond acceptors (Lipinski definition) is 2. The third-order valence-corrected chi connectivity index (χ3v) is 3.73. The van der Waals surface area contributed by atoms with Crippen LogP contribution in [-0.2, 0) is 12.1 Å². The summed E-state index contributed by atoms with van der Waals surface area (Å²) in [5, 5.41) is 12.6. The van der Waals surface area contributed by atoms with E-state index >= 15 is 0 Å². The van der Waals surface area contributed by atoms with Gasteiger partial charge in [0.25, 0.3) is 0 Å². The molecule has 3 rings (SSSR count). The van der Waals surface area contributed by atoms with Gasteiger partial charge in [-0.05, 0) is 32.4 Å². The second kappa shape index (κ2) is 4.60. The van der Waals surface area contributed by atoms with Crippen LogP contribution >= 0.6 is 0 Å². The SMILES string of the molecule is CCCn1c2ccccc2c2cc(C(C)(C)O)ncc21. The number of benzene rings is 1. The van der Waals surface area contributed by atoms with E-state index in [2.05, 4.69) is 40.7 Å². The van der Waals surface area contributed by atoms with Crippen LogP contribution in [0.25, 0.3) is 21.8 Å². The molecule has 3 heteroatoms. The molecular weight excluding hydrogens is 248 g/mol. The number of para-hydroxylation sites is 1. The maximum atomic E-state index is 10.2. The van der Waals surface area contributed by atoms with Crippen molar-refractivity contribution in [3.05, 3.63) is 42.2 Å². The van der Waals surface area contributed by atoms with E-state index in [-0.39, 0.29) is 0 Å². The van der Waals surface area contributed by atoms with Gasteiger partial charge < -0.3 is 9.67 Å². The standard InChI is InChI=1S/C17H20N2O/c1-4-9-19-14-8-6-5-7-12(14)13-10-16(17(2,3)20)18-11-15(13)19/h5-8,10-11,20H,4,9H2,1-3H3. The van der Waals surface area contributed by atoms with E-state index in [0.717, 1.165) is 18.5 Å². The number of rotatable bonds is 3. The molecule has 0 unspecified atom stereocenters. The van der Waals surface area contributed by atoms with Crippen LogP contribution in [-0.4, -0.2) is 14.7 Å². The van der Waals surface area contributed by atoms with Crippen molar-refractivity contribution in [3.8, 4) is 0 Å². The zero-order valence-electron chi connectivity index (χ0n) is 12.2. The Morgan fingerprint density at radius 1 is 1.15 bits per heavy atom. The van der Waals surface area contributed by atoms with Gasteiger partial charge in [-0.2, -0.15) is 0 Å². The molecule has 104 valence electrons. The Labute approximate surface area is 118 Å². The van der Waals surface area contributed by atoms with Crippen LogP contribution in [0.15, 0.2) is 36.5 Å². The molecule has 20 heavy (non-hydrogen) atoms. The van der Waals surface area contributed by atoms with Crippen molar-refractivity contribution in [2.75, 3.05) is 0 Å². The van der Waals surface area contributed by atoms with Gasteiger partial charge in [-0.3, -0.25) is 4.98 Å². The van der Waals surface area contributed by atoms with Gasteiger partial charge in [-0.15, -0.1) is 0 Å². The molecule has 3 nitrogen and oxygen atoms in total. The molecule has 0 aliphatic carbocycles. The lowest BCUT2D eigenvalue weighted by molar-refractivity contribution is 0.0740. The highest BCUT2D eigenvalue weighted by Gasteiger charge is 2.20. The summed E-state index contributed by atoms with van der Waals surface area (Å²) >= 11 is 0. The first-order valence-corrected chi connectivity index (χ1v) is 7.12. The summed E-state index contributed by atoms with van der Waals surface area (Å²) in [6.45, 7) is 6.70. The fourth-order valence-corrected chi connectivity index (χ4v) is 2.74. The number of aromatic nitrogens is 2. The summed E-state index contributed by atoms with van der Waals surface area (Å²) in [6, 6.07) is 10.4. The Bertz CT molecular complexity index is 766. The molecule has 0 amide bonds. The fraction of sp³-hybridized carbons (Fsp3) is 0.353. The number of nitrogens with zero attached hydrogens (tertiary/aromatic N) is 2. The molecule has 0 saturated carbocycles. The van der Waals surface area contributed by atoms with E-state index < -0.39 is 5.60 Å². The van der Waals surface area contributed by atoms with Gasteiger partial charge >= 0.3 is 0 Å². The van der Waals surface area contributed by atoms with Gasteiger partial charge in [0.05, 0.1) is 17.4 Å². The molecular formula is C17H20N2O. The predicted octanol–water partition coefficient (Wildman–Crippen LogP) is 3.83. The van der Waals surface area contributed by atoms with Gasteiger partial charge in [-0.1, -0.05) is 25.1 Å². The minimum atomic E-state index is -0.915. The third kappa shape index (κ3) is 1.98. The Morgan fingerprint density at radius 3 is 2.60 bits per heavy atom. The van der Waals surface area contributed by atoms with E-state index in [1.807, 2.05) is 12.3 Å². The first-order valence-electron chi connectivity index (χ1n) is 7.12. The molecule has 0 saturated heterocycles. The number of fused-ring (bicyclic) bond motifs is 3. The quantitative estimate of drug-likeness (QED) is 0.784.